The number of carbonyl (C=O) groups is 1. The molecule has 0 spiro atoms. The zero-order valence-corrected chi connectivity index (χ0v) is 14.9. The van der Waals surface area contributed by atoms with Crippen molar-refractivity contribution in [1.82, 2.24) is 15.1 Å². The third-order valence-electron chi connectivity index (χ3n) is 4.46. The fraction of sp³-hybridized carbons (Fsp3) is 0.438. The van der Waals surface area contributed by atoms with Gasteiger partial charge in [0.2, 0.25) is 0 Å². The summed E-state index contributed by atoms with van der Waals surface area (Å²) in [5.74, 6) is 0.238. The van der Waals surface area contributed by atoms with E-state index in [-0.39, 0.29) is 11.9 Å². The highest BCUT2D eigenvalue weighted by Crippen LogP contribution is 2.47. The number of urea groups is 1. The van der Waals surface area contributed by atoms with Gasteiger partial charge in [-0.25, -0.2) is 4.79 Å². The van der Waals surface area contributed by atoms with Crippen molar-refractivity contribution in [3.8, 4) is 0 Å². The first kappa shape index (κ1) is 17.7. The Balaban J connectivity index is 1.95. The van der Waals surface area contributed by atoms with Gasteiger partial charge in [0.15, 0.2) is 0 Å². The van der Waals surface area contributed by atoms with Crippen LogP contribution in [0.1, 0.15) is 16.0 Å². The number of halogens is 3. The van der Waals surface area contributed by atoms with Crippen LogP contribution < -0.4 is 10.2 Å². The first-order valence-corrected chi connectivity index (χ1v) is 8.53. The van der Waals surface area contributed by atoms with Crippen LogP contribution in [0.15, 0.2) is 19.0 Å². The van der Waals surface area contributed by atoms with Gasteiger partial charge < -0.3 is 20.0 Å². The molecular weight excluding hydrogens is 353 g/mol. The molecule has 0 aromatic carbocycles. The zero-order valence-electron chi connectivity index (χ0n) is 14.0. The molecule has 3 rings (SSSR count). The minimum Gasteiger partial charge on any atom is -0.336 e. The molecule has 2 aliphatic rings. The van der Waals surface area contributed by atoms with Crippen molar-refractivity contribution in [2.24, 2.45) is 0 Å². The predicted octanol–water partition coefficient (Wildman–Crippen LogP) is 3.34. The van der Waals surface area contributed by atoms with E-state index in [9.17, 15) is 18.0 Å². The van der Waals surface area contributed by atoms with Gasteiger partial charge in [-0.3, -0.25) is 0 Å². The summed E-state index contributed by atoms with van der Waals surface area (Å²) in [7, 11) is 1.69. The lowest BCUT2D eigenvalue weighted by atomic mass is 10.1. The van der Waals surface area contributed by atoms with E-state index >= 15 is 0 Å². The van der Waals surface area contributed by atoms with E-state index in [0.29, 0.717) is 30.9 Å². The van der Waals surface area contributed by atoms with E-state index < -0.39 is 12.7 Å². The molecule has 136 valence electrons. The van der Waals surface area contributed by atoms with Gasteiger partial charge in [0, 0.05) is 36.3 Å². The molecule has 9 heteroatoms. The van der Waals surface area contributed by atoms with E-state index in [1.807, 2.05) is 6.92 Å². The van der Waals surface area contributed by atoms with Crippen molar-refractivity contribution >= 4 is 28.1 Å². The van der Waals surface area contributed by atoms with E-state index in [0.717, 1.165) is 20.3 Å². The lowest BCUT2D eigenvalue weighted by molar-refractivity contribution is -0.136. The Morgan fingerprint density at radius 2 is 2.00 bits per heavy atom. The van der Waals surface area contributed by atoms with Crippen LogP contribution in [0.3, 0.4) is 0 Å². The first-order chi connectivity index (χ1) is 11.6. The molecular formula is C16H19F3N4OS. The van der Waals surface area contributed by atoms with Gasteiger partial charge in [0.1, 0.15) is 17.4 Å². The number of carbonyl (C=O) groups excluding carboxylic acids is 1. The maximum absolute atomic E-state index is 12.9. The van der Waals surface area contributed by atoms with Crippen molar-refractivity contribution in [3.63, 3.8) is 0 Å². The summed E-state index contributed by atoms with van der Waals surface area (Å²) in [5.41, 5.74) is 1.84. The summed E-state index contributed by atoms with van der Waals surface area (Å²) in [4.78, 5) is 17.1. The first-order valence-electron chi connectivity index (χ1n) is 7.71. The second-order valence-corrected chi connectivity index (χ2v) is 7.19. The fourth-order valence-corrected chi connectivity index (χ4v) is 4.39. The molecule has 2 amide bonds. The molecule has 1 N–H and O–H groups in total. The predicted molar refractivity (Wildman–Crippen MR) is 92.2 cm³/mol. The van der Waals surface area contributed by atoms with Gasteiger partial charge in [-0.15, -0.1) is 11.3 Å². The van der Waals surface area contributed by atoms with Crippen LogP contribution >= 0.6 is 11.3 Å². The number of alkyl halides is 3. The fourth-order valence-electron chi connectivity index (χ4n) is 3.06. The lowest BCUT2D eigenvalue weighted by Gasteiger charge is -2.39. The van der Waals surface area contributed by atoms with Gasteiger partial charge in [0.05, 0.1) is 6.54 Å². The summed E-state index contributed by atoms with van der Waals surface area (Å²) in [6, 6.07) is -0.124. The van der Waals surface area contributed by atoms with E-state index in [4.69, 9.17) is 0 Å². The molecule has 0 aliphatic carbocycles. The lowest BCUT2D eigenvalue weighted by Crippen LogP contribution is -2.40. The number of hydrogen-bond donors (Lipinski definition) is 1. The number of rotatable bonds is 3. The Labute approximate surface area is 148 Å². The number of fused-ring (bicyclic) bond motifs is 1. The Kier molecular flexibility index (Phi) is 4.22. The molecule has 0 saturated carbocycles. The molecule has 1 saturated heterocycles. The SMILES string of the molecule is C=C1c2c(sc(CN3CCNC3=O)c2C)N(C)C(=C)N1CC(F)(F)F. The monoisotopic (exact) mass is 372 g/mol. The van der Waals surface area contributed by atoms with Crippen molar-refractivity contribution in [2.75, 3.05) is 31.6 Å². The summed E-state index contributed by atoms with van der Waals surface area (Å²) >= 11 is 1.46. The van der Waals surface area contributed by atoms with Crippen molar-refractivity contribution < 1.29 is 18.0 Å². The second kappa shape index (κ2) is 5.98. The quantitative estimate of drug-likeness (QED) is 0.885. The van der Waals surface area contributed by atoms with Crippen LogP contribution in [0.4, 0.5) is 23.0 Å². The Hall–Kier alpha value is -2.16. The smallest absolute Gasteiger partial charge is 0.336 e. The summed E-state index contributed by atoms with van der Waals surface area (Å²) in [5, 5.41) is 3.55. The van der Waals surface area contributed by atoms with Gasteiger partial charge in [0.25, 0.3) is 0 Å². The topological polar surface area (TPSA) is 38.8 Å². The number of amides is 2. The summed E-state index contributed by atoms with van der Waals surface area (Å²) < 4.78 is 38.8. The zero-order chi connectivity index (χ0) is 18.5. The number of nitrogens with one attached hydrogen (secondary N) is 1. The molecule has 1 aromatic rings. The van der Waals surface area contributed by atoms with Crippen molar-refractivity contribution in [3.05, 3.63) is 35.0 Å². The van der Waals surface area contributed by atoms with Gasteiger partial charge >= 0.3 is 12.2 Å². The van der Waals surface area contributed by atoms with E-state index in [1.165, 1.54) is 11.3 Å². The minimum atomic E-state index is -4.36. The van der Waals surface area contributed by atoms with Crippen LogP contribution in [0.2, 0.25) is 0 Å². The third kappa shape index (κ3) is 3.08. The maximum atomic E-state index is 12.9. The van der Waals surface area contributed by atoms with E-state index in [2.05, 4.69) is 18.5 Å². The average molecular weight is 372 g/mol. The van der Waals surface area contributed by atoms with E-state index in [1.54, 1.807) is 16.8 Å². The number of nitrogens with zero attached hydrogens (tertiary/aromatic N) is 3. The molecule has 3 heterocycles. The third-order valence-corrected chi connectivity index (χ3v) is 5.81. The van der Waals surface area contributed by atoms with Crippen LogP contribution in [-0.4, -0.2) is 48.7 Å². The van der Waals surface area contributed by atoms with Crippen LogP contribution in [0, 0.1) is 6.92 Å². The standard InChI is InChI=1S/C16H19F3N4OS/c1-9-12(7-22-6-5-20-15(22)24)25-14-13(9)10(2)23(8-16(17,18)19)11(3)21(14)4/h2-3,5-8H2,1,4H3,(H,20,24). The van der Waals surface area contributed by atoms with Crippen LogP contribution in [-0.2, 0) is 6.54 Å². The Morgan fingerprint density at radius 3 is 2.56 bits per heavy atom. The molecule has 5 nitrogen and oxygen atoms in total. The maximum Gasteiger partial charge on any atom is 0.406 e. The molecule has 0 unspecified atom stereocenters. The van der Waals surface area contributed by atoms with Crippen molar-refractivity contribution in [1.29, 1.82) is 0 Å². The molecule has 0 atom stereocenters. The number of anilines is 1. The van der Waals surface area contributed by atoms with Gasteiger partial charge in [-0.2, -0.15) is 13.2 Å². The van der Waals surface area contributed by atoms with Gasteiger partial charge in [-0.05, 0) is 12.5 Å². The number of thiophene rings is 1. The highest BCUT2D eigenvalue weighted by molar-refractivity contribution is 7.16. The minimum absolute atomic E-state index is 0.124. The molecule has 25 heavy (non-hydrogen) atoms. The van der Waals surface area contributed by atoms with Crippen LogP contribution in [0.25, 0.3) is 5.70 Å². The molecule has 0 bridgehead atoms. The summed E-state index contributed by atoms with van der Waals surface area (Å²) in [6.45, 7) is 10.0. The average Bonchev–Trinajstić information content (AvgIpc) is 3.06. The summed E-state index contributed by atoms with van der Waals surface area (Å²) in [6.07, 6.45) is -4.36. The largest absolute Gasteiger partial charge is 0.406 e. The second-order valence-electron chi connectivity index (χ2n) is 6.11. The van der Waals surface area contributed by atoms with Crippen molar-refractivity contribution in [2.45, 2.75) is 19.6 Å². The molecule has 1 aromatic heterocycles. The highest BCUT2D eigenvalue weighted by atomic mass is 32.1. The Bertz CT molecular complexity index is 755. The van der Waals surface area contributed by atoms with Crippen LogP contribution in [0.5, 0.6) is 0 Å². The molecule has 1 fully saturated rings. The highest BCUT2D eigenvalue weighted by Gasteiger charge is 2.38. The van der Waals surface area contributed by atoms with Gasteiger partial charge in [-0.1, -0.05) is 13.2 Å². The molecule has 0 radical (unpaired) electrons. The molecule has 2 aliphatic heterocycles. The number of hydrogen-bond acceptors (Lipinski definition) is 4. The normalized spacial score (nSPS) is 18.1. The Morgan fingerprint density at radius 1 is 1.32 bits per heavy atom.